The van der Waals surface area contributed by atoms with Crippen molar-refractivity contribution >= 4 is 29.6 Å². The van der Waals surface area contributed by atoms with Crippen molar-refractivity contribution in [3.05, 3.63) is 107 Å². The highest BCUT2D eigenvalue weighted by atomic mass is 19.1. The normalized spacial score (nSPS) is 14.6. The summed E-state index contributed by atoms with van der Waals surface area (Å²) in [5.74, 6) is -1.44. The summed E-state index contributed by atoms with van der Waals surface area (Å²) < 4.78 is 25.3. The van der Waals surface area contributed by atoms with Crippen LogP contribution in [-0.4, -0.2) is 25.0 Å². The molecule has 0 bridgehead atoms. The molecule has 0 radical (unpaired) electrons. The van der Waals surface area contributed by atoms with Crippen molar-refractivity contribution in [2.75, 3.05) is 12.0 Å². The van der Waals surface area contributed by atoms with Gasteiger partial charge in [-0.15, -0.1) is 6.58 Å². The van der Waals surface area contributed by atoms with Crippen LogP contribution in [-0.2, 0) is 22.6 Å². The number of halogens is 1. The number of hydrogen-bond donors (Lipinski definition) is 1. The van der Waals surface area contributed by atoms with Gasteiger partial charge in [0, 0.05) is 5.56 Å². The first kappa shape index (κ1) is 24.4. The van der Waals surface area contributed by atoms with Gasteiger partial charge in [-0.25, -0.2) is 14.1 Å². The van der Waals surface area contributed by atoms with E-state index in [4.69, 9.17) is 9.47 Å². The van der Waals surface area contributed by atoms with E-state index in [-0.39, 0.29) is 11.3 Å². The average molecular weight is 486 g/mol. The number of urea groups is 1. The van der Waals surface area contributed by atoms with E-state index in [1.54, 1.807) is 18.2 Å². The van der Waals surface area contributed by atoms with Crippen LogP contribution >= 0.6 is 0 Å². The second-order valence-electron chi connectivity index (χ2n) is 7.92. The van der Waals surface area contributed by atoms with Gasteiger partial charge >= 0.3 is 6.03 Å². The second kappa shape index (κ2) is 10.7. The highest BCUT2D eigenvalue weighted by Crippen LogP contribution is 2.35. The van der Waals surface area contributed by atoms with Crippen molar-refractivity contribution in [3.63, 3.8) is 0 Å². The average Bonchev–Trinajstić information content (AvgIpc) is 2.86. The fraction of sp³-hybridized carbons (Fsp3) is 0.107. The quantitative estimate of drug-likeness (QED) is 0.281. The molecule has 182 valence electrons. The standard InChI is InChI=1S/C28H23FN2O5/c1-3-8-20-13-19(15-24(35-2)25(20)36-17-18-9-5-4-6-10-18)14-23-26(32)30-28(34)31(27(23)33)22-12-7-11-21(29)16-22/h3-7,9-16H,1,8,17H2,2H3,(H,30,32,34)/b23-14+. The van der Waals surface area contributed by atoms with Gasteiger partial charge in [-0.3, -0.25) is 14.9 Å². The molecule has 36 heavy (non-hydrogen) atoms. The third-order valence-corrected chi connectivity index (χ3v) is 5.44. The molecule has 0 spiro atoms. The van der Waals surface area contributed by atoms with Crippen molar-refractivity contribution in [3.8, 4) is 11.5 Å². The monoisotopic (exact) mass is 486 g/mol. The number of nitrogens with one attached hydrogen (secondary N) is 1. The molecule has 1 saturated heterocycles. The van der Waals surface area contributed by atoms with Crippen molar-refractivity contribution in [1.82, 2.24) is 5.32 Å². The van der Waals surface area contributed by atoms with Gasteiger partial charge in [0.05, 0.1) is 12.8 Å². The number of rotatable bonds is 8. The molecule has 1 aliphatic heterocycles. The van der Waals surface area contributed by atoms with Crippen molar-refractivity contribution in [2.45, 2.75) is 13.0 Å². The van der Waals surface area contributed by atoms with Crippen molar-refractivity contribution in [1.29, 1.82) is 0 Å². The number of ether oxygens (including phenoxy) is 2. The minimum Gasteiger partial charge on any atom is -0.493 e. The maximum atomic E-state index is 13.7. The first-order chi connectivity index (χ1) is 17.4. The van der Waals surface area contributed by atoms with E-state index in [2.05, 4.69) is 11.9 Å². The van der Waals surface area contributed by atoms with Gasteiger partial charge in [0.25, 0.3) is 11.8 Å². The lowest BCUT2D eigenvalue weighted by Gasteiger charge is -2.26. The fourth-order valence-corrected chi connectivity index (χ4v) is 3.79. The van der Waals surface area contributed by atoms with Crippen LogP contribution < -0.4 is 19.7 Å². The molecule has 7 nitrogen and oxygen atoms in total. The van der Waals surface area contributed by atoms with E-state index in [9.17, 15) is 18.8 Å². The van der Waals surface area contributed by atoms with E-state index < -0.39 is 23.7 Å². The molecule has 0 atom stereocenters. The summed E-state index contributed by atoms with van der Waals surface area (Å²) in [6, 6.07) is 17.0. The lowest BCUT2D eigenvalue weighted by atomic mass is 10.0. The Morgan fingerprint density at radius 2 is 1.81 bits per heavy atom. The first-order valence-corrected chi connectivity index (χ1v) is 11.1. The molecule has 4 amide bonds. The maximum absolute atomic E-state index is 13.7. The number of carbonyl (C=O) groups is 3. The van der Waals surface area contributed by atoms with E-state index >= 15 is 0 Å². The Hall–Kier alpha value is -4.72. The SMILES string of the molecule is C=CCc1cc(/C=C2\C(=O)NC(=O)N(c3cccc(F)c3)C2=O)cc(OC)c1OCc1ccccc1. The molecule has 0 aliphatic carbocycles. The molecule has 1 heterocycles. The summed E-state index contributed by atoms with van der Waals surface area (Å²) in [6.07, 6.45) is 3.49. The van der Waals surface area contributed by atoms with Crippen LogP contribution in [0.4, 0.5) is 14.9 Å². The zero-order valence-electron chi connectivity index (χ0n) is 19.5. The number of hydrogen-bond acceptors (Lipinski definition) is 5. The summed E-state index contributed by atoms with van der Waals surface area (Å²) >= 11 is 0. The molecule has 8 heteroatoms. The molecule has 1 N–H and O–H groups in total. The Bertz CT molecular complexity index is 1370. The number of carbonyl (C=O) groups excluding carboxylic acids is 3. The lowest BCUT2D eigenvalue weighted by molar-refractivity contribution is -0.122. The Balaban J connectivity index is 1.71. The number of amides is 4. The van der Waals surface area contributed by atoms with Gasteiger partial charge in [0.2, 0.25) is 0 Å². The maximum Gasteiger partial charge on any atom is 0.335 e. The Morgan fingerprint density at radius 3 is 2.50 bits per heavy atom. The highest BCUT2D eigenvalue weighted by molar-refractivity contribution is 6.39. The molecule has 0 unspecified atom stereocenters. The fourth-order valence-electron chi connectivity index (χ4n) is 3.79. The minimum atomic E-state index is -0.956. The predicted octanol–water partition coefficient (Wildman–Crippen LogP) is 4.81. The van der Waals surface area contributed by atoms with Crippen LogP contribution in [0, 0.1) is 5.82 Å². The van der Waals surface area contributed by atoms with Crippen molar-refractivity contribution in [2.24, 2.45) is 0 Å². The third-order valence-electron chi connectivity index (χ3n) is 5.44. The molecule has 4 rings (SSSR count). The molecular weight excluding hydrogens is 463 g/mol. The zero-order valence-corrected chi connectivity index (χ0v) is 19.5. The minimum absolute atomic E-state index is 0.00508. The molecule has 3 aromatic carbocycles. The van der Waals surface area contributed by atoms with E-state index in [1.165, 1.54) is 31.4 Å². The van der Waals surface area contributed by atoms with Gasteiger partial charge < -0.3 is 9.47 Å². The Kier molecular flexibility index (Phi) is 7.25. The van der Waals surface area contributed by atoms with Crippen LogP contribution in [0.1, 0.15) is 16.7 Å². The summed E-state index contributed by atoms with van der Waals surface area (Å²) in [5, 5.41) is 2.13. The lowest BCUT2D eigenvalue weighted by Crippen LogP contribution is -2.54. The van der Waals surface area contributed by atoms with E-state index in [1.807, 2.05) is 30.3 Å². The van der Waals surface area contributed by atoms with Gasteiger partial charge in [-0.1, -0.05) is 42.5 Å². The molecule has 3 aromatic rings. The molecule has 0 saturated carbocycles. The van der Waals surface area contributed by atoms with Crippen LogP contribution in [0.15, 0.2) is 85.0 Å². The number of anilines is 1. The predicted molar refractivity (Wildman–Crippen MR) is 133 cm³/mol. The van der Waals surface area contributed by atoms with Crippen LogP contribution in [0.5, 0.6) is 11.5 Å². The number of nitrogens with zero attached hydrogens (tertiary/aromatic N) is 1. The summed E-state index contributed by atoms with van der Waals surface area (Å²) in [4.78, 5) is 38.8. The summed E-state index contributed by atoms with van der Waals surface area (Å²) in [6.45, 7) is 4.11. The van der Waals surface area contributed by atoms with Gasteiger partial charge in [0.15, 0.2) is 11.5 Å². The van der Waals surface area contributed by atoms with Gasteiger partial charge in [0.1, 0.15) is 18.0 Å². The molecular formula is C28H23FN2O5. The van der Waals surface area contributed by atoms with Crippen LogP contribution in [0.25, 0.3) is 6.08 Å². The second-order valence-corrected chi connectivity index (χ2v) is 7.92. The topological polar surface area (TPSA) is 84.9 Å². The summed E-state index contributed by atoms with van der Waals surface area (Å²) in [7, 11) is 1.49. The smallest absolute Gasteiger partial charge is 0.335 e. The number of benzene rings is 3. The zero-order chi connectivity index (χ0) is 25.7. The van der Waals surface area contributed by atoms with E-state index in [0.29, 0.717) is 30.1 Å². The van der Waals surface area contributed by atoms with Crippen LogP contribution in [0.3, 0.4) is 0 Å². The number of methoxy groups -OCH3 is 1. The molecule has 1 aliphatic rings. The number of allylic oxidation sites excluding steroid dienone is 1. The first-order valence-electron chi connectivity index (χ1n) is 11.1. The third kappa shape index (κ3) is 5.17. The van der Waals surface area contributed by atoms with Gasteiger partial charge in [-0.05, 0) is 54.0 Å². The van der Waals surface area contributed by atoms with Gasteiger partial charge in [-0.2, -0.15) is 0 Å². The number of imide groups is 2. The Morgan fingerprint density at radius 1 is 1.03 bits per heavy atom. The molecule has 1 fully saturated rings. The number of barbiturate groups is 1. The van der Waals surface area contributed by atoms with Crippen molar-refractivity contribution < 1.29 is 28.2 Å². The highest BCUT2D eigenvalue weighted by Gasteiger charge is 2.37. The van der Waals surface area contributed by atoms with Crippen LogP contribution in [0.2, 0.25) is 0 Å². The van der Waals surface area contributed by atoms with E-state index in [0.717, 1.165) is 22.1 Å². The Labute approximate surface area is 207 Å². The molecule has 0 aromatic heterocycles. The largest absolute Gasteiger partial charge is 0.493 e. The summed E-state index contributed by atoms with van der Waals surface area (Å²) in [5.41, 5.74) is 1.90.